The third-order valence-corrected chi connectivity index (χ3v) is 21.3. The van der Waals surface area contributed by atoms with Crippen molar-refractivity contribution in [3.05, 3.63) is 124 Å². The number of likely N-dealkylation sites (N-methyl/N-ethyl adjacent to an activating group) is 1. The zero-order valence-corrected chi connectivity index (χ0v) is 56.4. The Hall–Kier alpha value is -9.54. The molecule has 0 radical (unpaired) electrons. The van der Waals surface area contributed by atoms with Gasteiger partial charge in [-0.15, -0.1) is 56.7 Å². The number of nitrogens with zero attached hydrogens (tertiary/aromatic N) is 8. The number of pyridine rings is 1. The van der Waals surface area contributed by atoms with Crippen molar-refractivity contribution in [2.24, 2.45) is 5.73 Å². The number of nitrogens with two attached hydrogens (primary N) is 1. The number of methoxy groups -OCH3 is 1. The number of hydrogen-bond donors (Lipinski definition) is 9. The Bertz CT molecular complexity index is 4650. The number of ether oxygens (including phenoxy) is 7. The average Bonchev–Trinajstić information content (AvgIpc) is 1.63. The van der Waals surface area contributed by atoms with Crippen LogP contribution >= 0.6 is 56.7 Å². The van der Waals surface area contributed by atoms with Gasteiger partial charge in [0.05, 0.1) is 55.5 Å². The first-order valence-corrected chi connectivity index (χ1v) is 34.2. The quantitative estimate of drug-likeness (QED) is 0.0444. The van der Waals surface area contributed by atoms with E-state index >= 15 is 14.4 Å². The van der Waals surface area contributed by atoms with Crippen LogP contribution in [-0.2, 0) is 60.8 Å². The van der Waals surface area contributed by atoms with Crippen LogP contribution in [0.3, 0.4) is 0 Å². The lowest BCUT2D eigenvalue weighted by Gasteiger charge is -2.45. The number of amides is 6. The van der Waals surface area contributed by atoms with Crippen LogP contribution in [0.15, 0.2) is 69.2 Å². The number of thiazole rings is 5. The van der Waals surface area contributed by atoms with Crippen molar-refractivity contribution in [3.8, 4) is 38.4 Å². The number of rotatable bonds is 8. The average molecular weight is 1440 g/mol. The fraction of sp³-hybridized carbons (Fsp3) is 0.344. The van der Waals surface area contributed by atoms with E-state index in [-0.39, 0.29) is 118 Å². The van der Waals surface area contributed by atoms with E-state index < -0.39 is 139 Å². The molecule has 510 valence electrons. The molecule has 12 heterocycles. The van der Waals surface area contributed by atoms with Gasteiger partial charge in [0.15, 0.2) is 18.1 Å². The Balaban J connectivity index is 0.984. The van der Waals surface area contributed by atoms with Crippen LogP contribution in [0.4, 0.5) is 0 Å². The normalized spacial score (nSPS) is 24.7. The molecule has 6 amide bonds. The largest absolute Gasteiger partial charge is 0.506 e. The number of esters is 2. The molecule has 12 bridgehead atoms. The smallest absolute Gasteiger partial charge is 0.358 e. The second-order valence-corrected chi connectivity index (χ2v) is 27.7. The van der Waals surface area contributed by atoms with E-state index in [4.69, 9.17) is 53.8 Å². The first-order chi connectivity index (χ1) is 46.9. The molecule has 0 aliphatic carbocycles. The summed E-state index contributed by atoms with van der Waals surface area (Å²) in [5.74, 6) is -8.11. The van der Waals surface area contributed by atoms with Crippen LogP contribution in [0, 0.1) is 0 Å². The summed E-state index contributed by atoms with van der Waals surface area (Å²) in [4.78, 5) is 144. The molecule has 8 aromatic rings. The predicted octanol–water partition coefficient (Wildman–Crippen LogP) is 4.26. The van der Waals surface area contributed by atoms with Gasteiger partial charge in [0.25, 0.3) is 29.5 Å². The highest BCUT2D eigenvalue weighted by Crippen LogP contribution is 2.44. The molecule has 98 heavy (non-hydrogen) atoms. The molecule has 2 fully saturated rings. The number of fused-ring (bicyclic) bond motifs is 16. The number of aliphatic hydroxyl groups is 1. The maximum atomic E-state index is 15.2. The van der Waals surface area contributed by atoms with Crippen molar-refractivity contribution in [2.45, 2.75) is 108 Å². The number of cyclic esters (lactones) is 2. The number of nitrogens with one attached hydrogen (secondary N) is 5. The molecule has 0 spiro atoms. The molecule has 10 atom stereocenters. The molecule has 5 aliphatic heterocycles. The van der Waals surface area contributed by atoms with Gasteiger partial charge in [-0.3, -0.25) is 33.7 Å². The standard InChI is InChI=1S/C61H58N14O18S5/c1-22(48(62)78)63-49(79)31-18-97-57(68-31)42-36(77)11-27-41(70-42)30-16-95-55(65-30)29-15-90-59(84)44-28-14-88-45(46(60(85)89-13-26-9-8-10-35(38(26)28)75(44)86)93-37-12-61(5)47(25(4)92-37)74(6)21-91-61)43(58-69-32(19-98-58)50(80)64-29)73-52(82)34-20-96-56(67-34)40(24(3)87-7)72-53(83)39(23(2)76)71-51(81)33-17-94-54(27)66-33/h8-11,16-20,23,25,29,37,39,43,45-47,76-77,86H,1,12-15,21H2,2-7H3,(H2,62,78)(H,63,79)(H,64,80)(H,71,81)(H,72,83)(H,73,82)/t23-,25+,29+,37+,39+,43+,45+,46+,47-,61+/m1/s1. The Labute approximate surface area is 573 Å². The summed E-state index contributed by atoms with van der Waals surface area (Å²) in [6.07, 6.45) is -6.77. The van der Waals surface area contributed by atoms with Gasteiger partial charge in [0.2, 0.25) is 5.91 Å². The van der Waals surface area contributed by atoms with Gasteiger partial charge >= 0.3 is 11.9 Å². The van der Waals surface area contributed by atoms with Crippen LogP contribution in [-0.4, -0.2) is 178 Å². The lowest BCUT2D eigenvalue weighted by Crippen LogP contribution is -2.58. The maximum Gasteiger partial charge on any atom is 0.358 e. The first-order valence-electron chi connectivity index (χ1n) is 29.8. The molecule has 1 aromatic carbocycles. The van der Waals surface area contributed by atoms with Crippen molar-refractivity contribution in [1.82, 2.24) is 66.1 Å². The molecule has 5 aliphatic rings. The van der Waals surface area contributed by atoms with E-state index in [1.807, 2.05) is 25.8 Å². The lowest BCUT2D eigenvalue weighted by molar-refractivity contribution is -0.268. The van der Waals surface area contributed by atoms with Gasteiger partial charge in [-0.1, -0.05) is 18.7 Å². The molecule has 7 aromatic heterocycles. The zero-order valence-electron chi connectivity index (χ0n) is 52.3. The highest BCUT2D eigenvalue weighted by molar-refractivity contribution is 7.14. The zero-order chi connectivity index (χ0) is 69.3. The third-order valence-electron chi connectivity index (χ3n) is 16.8. The number of aliphatic hydroxyl groups excluding tert-OH is 1. The number of primary amides is 1. The van der Waals surface area contributed by atoms with E-state index in [2.05, 4.69) is 48.1 Å². The monoisotopic (exact) mass is 1430 g/mol. The van der Waals surface area contributed by atoms with Crippen LogP contribution in [0.1, 0.15) is 125 Å². The second kappa shape index (κ2) is 26.7. The van der Waals surface area contributed by atoms with Crippen molar-refractivity contribution in [3.63, 3.8) is 0 Å². The fourth-order valence-corrected chi connectivity index (χ4v) is 16.2. The molecule has 10 N–H and O–H groups in total. The topological polar surface area (TPSA) is 434 Å². The highest BCUT2D eigenvalue weighted by atomic mass is 32.1. The van der Waals surface area contributed by atoms with Crippen LogP contribution in [0.5, 0.6) is 5.75 Å². The van der Waals surface area contributed by atoms with Crippen molar-refractivity contribution >= 4 is 121 Å². The predicted molar refractivity (Wildman–Crippen MR) is 348 cm³/mol. The van der Waals surface area contributed by atoms with E-state index in [0.717, 1.165) is 56.7 Å². The molecule has 13 rings (SSSR count). The number of allylic oxidation sites excluding steroid dienone is 1. The van der Waals surface area contributed by atoms with Gasteiger partial charge in [0.1, 0.15) is 120 Å². The summed E-state index contributed by atoms with van der Waals surface area (Å²) in [6.45, 7) is 8.48. The van der Waals surface area contributed by atoms with Gasteiger partial charge in [0, 0.05) is 49.8 Å². The van der Waals surface area contributed by atoms with E-state index in [9.17, 15) is 39.4 Å². The minimum absolute atomic E-state index is 0.00256. The molecular weight excluding hydrogens is 1380 g/mol. The summed E-state index contributed by atoms with van der Waals surface area (Å²) in [6, 6.07) is 1.10. The Kier molecular flexibility index (Phi) is 18.3. The molecule has 0 saturated carbocycles. The van der Waals surface area contributed by atoms with Gasteiger partial charge in [-0.25, -0.2) is 39.5 Å². The highest BCUT2D eigenvalue weighted by Gasteiger charge is 2.54. The number of carbonyl (C=O) groups excluding carboxylic acids is 8. The summed E-state index contributed by atoms with van der Waals surface area (Å²) in [5, 5.41) is 55.6. The maximum absolute atomic E-state index is 15.2. The molecular formula is C61H58N14O18S5. The number of carbonyl (C=O) groups is 8. The minimum Gasteiger partial charge on any atom is -0.506 e. The third kappa shape index (κ3) is 12.6. The number of benzene rings is 1. The fourth-order valence-electron chi connectivity index (χ4n) is 12.0. The van der Waals surface area contributed by atoms with E-state index in [1.165, 1.54) is 60.0 Å². The second-order valence-electron chi connectivity index (χ2n) is 23.3. The number of hydrogen-bond acceptors (Lipinski definition) is 30. The van der Waals surface area contributed by atoms with Crippen molar-refractivity contribution in [1.29, 1.82) is 0 Å². The molecule has 37 heteroatoms. The van der Waals surface area contributed by atoms with Gasteiger partial charge in [-0.2, -0.15) is 4.73 Å². The minimum atomic E-state index is -1.84. The molecule has 0 unspecified atom stereocenters. The number of aromatic nitrogens is 7. The summed E-state index contributed by atoms with van der Waals surface area (Å²) >= 11 is 4.53. The summed E-state index contributed by atoms with van der Waals surface area (Å²) < 4.78 is 44.9. The SMILES string of the molecule is C=C(NC(=O)c1csc(-c2nc3c(cc2O)-c2nc(cs2)C(=O)N[C@@H]([C@@H](C)O)C(=O)NC(=C(C)OC)c2nc(cs2)C(=O)N[C@@H]2c4nc(cs4)C(=O)N[C@@H](COC(=O)c4c5c6c(cccc6n4O)COC(=O)[C@@H](O[C@H]4C[C@]6(C)OCN(C)[C@@H]6[C@H](C)O4)[C@H]2OC5)c2nc-3cs2)n1)C(N)=O. The van der Waals surface area contributed by atoms with Gasteiger partial charge < -0.3 is 80.9 Å². The number of aromatic hydroxyl groups is 1. The van der Waals surface area contributed by atoms with Crippen LogP contribution in [0.25, 0.3) is 49.3 Å². The van der Waals surface area contributed by atoms with Crippen molar-refractivity contribution < 1.29 is 86.9 Å². The van der Waals surface area contributed by atoms with Crippen LogP contribution < -0.4 is 32.3 Å². The molecule has 2 saturated heterocycles. The summed E-state index contributed by atoms with van der Waals surface area (Å²) in [7, 11) is 3.20. The lowest BCUT2D eigenvalue weighted by atomic mass is 9.86. The molecule has 32 nitrogen and oxygen atoms in total. The Morgan fingerprint density at radius 1 is 0.857 bits per heavy atom. The Morgan fingerprint density at radius 3 is 2.30 bits per heavy atom. The first kappa shape index (κ1) is 67.0. The van der Waals surface area contributed by atoms with Crippen LogP contribution in [0.2, 0.25) is 0 Å². The van der Waals surface area contributed by atoms with E-state index in [1.54, 1.807) is 12.1 Å². The van der Waals surface area contributed by atoms with Gasteiger partial charge in [-0.05, 0) is 52.4 Å². The van der Waals surface area contributed by atoms with Crippen molar-refractivity contribution in [2.75, 3.05) is 27.5 Å². The Morgan fingerprint density at radius 2 is 1.54 bits per heavy atom. The summed E-state index contributed by atoms with van der Waals surface area (Å²) in [5.41, 5.74) is 2.86. The van der Waals surface area contributed by atoms with E-state index in [0.29, 0.717) is 10.3 Å².